The van der Waals surface area contributed by atoms with E-state index in [0.717, 1.165) is 25.5 Å². The maximum absolute atomic E-state index is 11.2. The first-order valence-electron chi connectivity index (χ1n) is 5.39. The van der Waals surface area contributed by atoms with Crippen LogP contribution in [-0.2, 0) is 14.6 Å². The van der Waals surface area contributed by atoms with E-state index < -0.39 is 21.5 Å². The van der Waals surface area contributed by atoms with Crippen LogP contribution >= 0.6 is 11.6 Å². The molecule has 0 radical (unpaired) electrons. The Morgan fingerprint density at radius 1 is 1.38 bits per heavy atom. The summed E-state index contributed by atoms with van der Waals surface area (Å²) in [6, 6.07) is 0. The van der Waals surface area contributed by atoms with Crippen molar-refractivity contribution in [1.82, 2.24) is 5.32 Å². The summed E-state index contributed by atoms with van der Waals surface area (Å²) in [4.78, 5) is 11.2. The van der Waals surface area contributed by atoms with Crippen LogP contribution in [0.4, 0.5) is 0 Å². The van der Waals surface area contributed by atoms with Crippen molar-refractivity contribution in [3.05, 3.63) is 0 Å². The van der Waals surface area contributed by atoms with Crippen LogP contribution in [0.5, 0.6) is 0 Å². The van der Waals surface area contributed by atoms with Gasteiger partial charge in [0.05, 0.1) is 0 Å². The quantitative estimate of drug-likeness (QED) is 0.674. The highest BCUT2D eigenvalue weighted by atomic mass is 35.5. The first-order chi connectivity index (χ1) is 7.39. The van der Waals surface area contributed by atoms with Crippen LogP contribution in [0.25, 0.3) is 0 Å². The smallest absolute Gasteiger partial charge is 0.235 e. The van der Waals surface area contributed by atoms with E-state index in [4.69, 9.17) is 11.6 Å². The Morgan fingerprint density at radius 3 is 2.44 bits per heavy atom. The average Bonchev–Trinajstić information content (AvgIpc) is 2.12. The van der Waals surface area contributed by atoms with E-state index in [1.807, 2.05) is 0 Å². The fourth-order valence-corrected chi connectivity index (χ4v) is 2.35. The van der Waals surface area contributed by atoms with Crippen molar-refractivity contribution >= 4 is 27.3 Å². The number of carbonyl (C=O) groups is 1. The van der Waals surface area contributed by atoms with Gasteiger partial charge in [-0.25, -0.2) is 8.42 Å². The zero-order valence-electron chi connectivity index (χ0n) is 9.83. The third-order valence-electron chi connectivity index (χ3n) is 2.20. The minimum atomic E-state index is -3.23. The molecule has 0 aromatic rings. The second kappa shape index (κ2) is 7.90. The Bertz CT molecular complexity index is 297. The number of halogens is 1. The summed E-state index contributed by atoms with van der Waals surface area (Å²) in [5.74, 6) is 0.0310. The van der Waals surface area contributed by atoms with E-state index in [1.54, 1.807) is 0 Å². The Morgan fingerprint density at radius 2 is 2.00 bits per heavy atom. The van der Waals surface area contributed by atoms with Gasteiger partial charge < -0.3 is 5.32 Å². The van der Waals surface area contributed by atoms with E-state index in [0.29, 0.717) is 18.3 Å². The third-order valence-corrected chi connectivity index (χ3v) is 3.20. The molecule has 0 aromatic heterocycles. The number of rotatable bonds is 8. The van der Waals surface area contributed by atoms with E-state index >= 15 is 0 Å². The highest BCUT2D eigenvalue weighted by molar-refractivity contribution is 7.91. The van der Waals surface area contributed by atoms with Crippen LogP contribution in [0, 0.1) is 5.92 Å². The van der Waals surface area contributed by atoms with Crippen molar-refractivity contribution in [2.75, 3.05) is 24.4 Å². The number of alkyl halides is 1. The highest BCUT2D eigenvalue weighted by Gasteiger charge is 2.13. The summed E-state index contributed by atoms with van der Waals surface area (Å²) in [6.07, 6.45) is 3.92. The molecule has 1 N–H and O–H groups in total. The molecule has 1 amide bonds. The molecule has 0 aliphatic carbocycles. The van der Waals surface area contributed by atoms with Crippen molar-refractivity contribution in [3.63, 3.8) is 0 Å². The molecule has 0 rings (SSSR count). The van der Waals surface area contributed by atoms with Gasteiger partial charge in [0, 0.05) is 18.7 Å². The van der Waals surface area contributed by atoms with E-state index in [1.165, 1.54) is 0 Å². The van der Waals surface area contributed by atoms with Gasteiger partial charge in [0.2, 0.25) is 5.91 Å². The van der Waals surface area contributed by atoms with Crippen molar-refractivity contribution in [2.24, 2.45) is 5.92 Å². The second-order valence-electron chi connectivity index (χ2n) is 4.01. The van der Waals surface area contributed by atoms with Gasteiger partial charge in [0.1, 0.15) is 5.75 Å². The molecule has 0 aliphatic rings. The Hall–Kier alpha value is -0.290. The molecule has 96 valence electrons. The number of nitrogens with one attached hydrogen (secondary N) is 1. The molecule has 4 nitrogen and oxygen atoms in total. The molecular formula is C10H20ClNO3S. The predicted molar refractivity (Wildman–Crippen MR) is 66.5 cm³/mol. The van der Waals surface area contributed by atoms with Crippen LogP contribution in [0.15, 0.2) is 0 Å². The van der Waals surface area contributed by atoms with Crippen molar-refractivity contribution < 1.29 is 13.2 Å². The van der Waals surface area contributed by atoms with Gasteiger partial charge in [-0.2, -0.15) is 0 Å². The number of amides is 1. The summed E-state index contributed by atoms with van der Waals surface area (Å²) < 4.78 is 21.7. The lowest BCUT2D eigenvalue weighted by molar-refractivity contribution is -0.118. The first kappa shape index (κ1) is 15.7. The van der Waals surface area contributed by atoms with Gasteiger partial charge in [-0.1, -0.05) is 13.3 Å². The largest absolute Gasteiger partial charge is 0.355 e. The lowest BCUT2D eigenvalue weighted by Crippen LogP contribution is -2.33. The number of sulfone groups is 1. The lowest BCUT2D eigenvalue weighted by Gasteiger charge is -2.15. The third kappa shape index (κ3) is 8.97. The molecule has 1 unspecified atom stereocenters. The summed E-state index contributed by atoms with van der Waals surface area (Å²) >= 11 is 5.65. The average molecular weight is 270 g/mol. The molecule has 0 heterocycles. The number of hydrogen-bond donors (Lipinski definition) is 1. The molecule has 0 aromatic carbocycles. The zero-order valence-corrected chi connectivity index (χ0v) is 11.4. The monoisotopic (exact) mass is 269 g/mol. The molecule has 16 heavy (non-hydrogen) atoms. The van der Waals surface area contributed by atoms with E-state index in [2.05, 4.69) is 12.2 Å². The van der Waals surface area contributed by atoms with Gasteiger partial charge in [-0.3, -0.25) is 4.79 Å². The fraction of sp³-hybridized carbons (Fsp3) is 0.900. The Kier molecular flexibility index (Phi) is 7.76. The summed E-state index contributed by atoms with van der Waals surface area (Å²) in [5, 5.41) is 2.63. The Balaban J connectivity index is 3.95. The van der Waals surface area contributed by atoms with E-state index in [9.17, 15) is 13.2 Å². The Labute approximate surface area is 103 Å². The van der Waals surface area contributed by atoms with Gasteiger partial charge in [-0.05, 0) is 18.8 Å². The molecule has 0 fully saturated rings. The molecule has 0 saturated heterocycles. The first-order valence-corrected chi connectivity index (χ1v) is 7.99. The fourth-order valence-electron chi connectivity index (χ4n) is 1.46. The standard InChI is InChI=1S/C10H20ClNO3S/c1-3-4-9(5-6-11)7-12-10(13)8-16(2,14)15/h9H,3-8H2,1-2H3,(H,12,13). The molecule has 0 bridgehead atoms. The summed E-state index contributed by atoms with van der Waals surface area (Å²) in [7, 11) is -3.23. The summed E-state index contributed by atoms with van der Waals surface area (Å²) in [5.41, 5.74) is 0. The topological polar surface area (TPSA) is 63.2 Å². The number of hydrogen-bond acceptors (Lipinski definition) is 3. The van der Waals surface area contributed by atoms with Crippen molar-refractivity contribution in [2.45, 2.75) is 26.2 Å². The van der Waals surface area contributed by atoms with Crippen LogP contribution in [0.1, 0.15) is 26.2 Å². The minimum Gasteiger partial charge on any atom is -0.355 e. The van der Waals surface area contributed by atoms with E-state index in [-0.39, 0.29) is 0 Å². The molecule has 0 spiro atoms. The molecule has 6 heteroatoms. The lowest BCUT2D eigenvalue weighted by atomic mass is 10.0. The van der Waals surface area contributed by atoms with Crippen LogP contribution in [0.3, 0.4) is 0 Å². The molecular weight excluding hydrogens is 250 g/mol. The van der Waals surface area contributed by atoms with Crippen LogP contribution in [0.2, 0.25) is 0 Å². The molecule has 1 atom stereocenters. The van der Waals surface area contributed by atoms with Gasteiger partial charge in [0.25, 0.3) is 0 Å². The van der Waals surface area contributed by atoms with Crippen LogP contribution < -0.4 is 5.32 Å². The van der Waals surface area contributed by atoms with Crippen molar-refractivity contribution in [1.29, 1.82) is 0 Å². The van der Waals surface area contributed by atoms with Gasteiger partial charge >= 0.3 is 0 Å². The molecule has 0 aliphatic heterocycles. The normalized spacial score (nSPS) is 13.4. The highest BCUT2D eigenvalue weighted by Crippen LogP contribution is 2.10. The zero-order chi connectivity index (χ0) is 12.6. The maximum atomic E-state index is 11.2. The summed E-state index contributed by atoms with van der Waals surface area (Å²) in [6.45, 7) is 2.58. The predicted octanol–water partition coefficient (Wildman–Crippen LogP) is 1.19. The van der Waals surface area contributed by atoms with Crippen LogP contribution in [-0.4, -0.2) is 38.8 Å². The van der Waals surface area contributed by atoms with Gasteiger partial charge in [0.15, 0.2) is 9.84 Å². The van der Waals surface area contributed by atoms with Crippen molar-refractivity contribution in [3.8, 4) is 0 Å². The maximum Gasteiger partial charge on any atom is 0.235 e. The minimum absolute atomic E-state index is 0.339. The SMILES string of the molecule is CCCC(CCCl)CNC(=O)CS(C)(=O)=O. The second-order valence-corrected chi connectivity index (χ2v) is 6.52. The molecule has 0 saturated carbocycles. The van der Waals surface area contributed by atoms with Gasteiger partial charge in [-0.15, -0.1) is 11.6 Å². The number of carbonyl (C=O) groups excluding carboxylic acids is 1.